The standard InChI is InChI=1S/2Al.20H2O.23O.15Si/h;;20*1H2;;;;;;;;;;;;;;;;;;;;;;;;;;;;;;;;;;;;;;/q2*+3;;;;;;;;;;;;;;;;;;;;;23*-2;15*+4/p-20. The van der Waals surface area contributed by atoms with E-state index in [0.717, 1.165) is 0 Å². The van der Waals surface area contributed by atoms with Crippen molar-refractivity contribution in [1.82, 2.24) is 0 Å². The van der Waals surface area contributed by atoms with Gasteiger partial charge in [-0.2, -0.15) is 0 Å². The summed E-state index contributed by atoms with van der Waals surface area (Å²) in [6.07, 6.45) is 0. The van der Waals surface area contributed by atoms with Crippen LogP contribution in [0.15, 0.2) is 0 Å². The van der Waals surface area contributed by atoms with Crippen LogP contribution in [-0.4, -0.2) is 309 Å². The van der Waals surface area contributed by atoms with E-state index in [9.17, 15) is 0 Å². The maximum Gasteiger partial charge on any atom is 4.00 e. The Bertz CT molecular complexity index is 60.5. The first kappa shape index (κ1) is 35200. The van der Waals surface area contributed by atoms with Crippen LogP contribution in [0.3, 0.4) is 0 Å². The van der Waals surface area contributed by atoms with Gasteiger partial charge in [-0.05, 0) is 0 Å². The molecule has 0 aromatic carbocycles. The summed E-state index contributed by atoms with van der Waals surface area (Å²) in [4.78, 5) is 0. The molecule has 0 aromatic heterocycles. The Morgan fingerprint density at radius 1 is 0.0667 bits per heavy atom. The minimum Gasteiger partial charge on any atom is -2.00 e. The van der Waals surface area contributed by atoms with Crippen LogP contribution in [0.2, 0.25) is 0 Å². The summed E-state index contributed by atoms with van der Waals surface area (Å²) < 4.78 is 0. The summed E-state index contributed by atoms with van der Waals surface area (Å²) in [6, 6.07) is 0. The second-order valence-corrected chi connectivity index (χ2v) is 0. The second kappa shape index (κ2) is 33500. The summed E-state index contributed by atoms with van der Waals surface area (Å²) in [5, 5.41) is 0. The summed E-state index contributed by atoms with van der Waals surface area (Å²) in [5.41, 5.74) is 0. The van der Waals surface area contributed by atoms with E-state index in [0.29, 0.717) is 0 Å². The average molecular weight is 1180 g/mol. The van der Waals surface area contributed by atoms with Crippen LogP contribution in [0.4, 0.5) is 0 Å². The van der Waals surface area contributed by atoms with Crippen LogP contribution in [0.5, 0.6) is 0 Å². The molecule has 0 aromatic rings. The predicted molar refractivity (Wildman–Crippen MR) is 152 cm³/mol. The van der Waals surface area contributed by atoms with Gasteiger partial charge in [0.25, 0.3) is 0 Å². The molecule has 0 radical (unpaired) electrons. The first-order valence-corrected chi connectivity index (χ1v) is 0. The van der Waals surface area contributed by atoms with Gasteiger partial charge < -0.3 is 235 Å². The summed E-state index contributed by atoms with van der Waals surface area (Å²) >= 11 is 0. The van der Waals surface area contributed by atoms with E-state index >= 15 is 0 Å². The van der Waals surface area contributed by atoms with Gasteiger partial charge in [-0.25, -0.2) is 0 Å². The first-order chi connectivity index (χ1) is 0. The van der Waals surface area contributed by atoms with E-state index in [2.05, 4.69) is 0 Å². The first-order valence-electron chi connectivity index (χ1n) is 0. The minimum absolute atomic E-state index is 0. The van der Waals surface area contributed by atoms with Crippen molar-refractivity contribution in [2.24, 2.45) is 0 Å². The topological polar surface area (TPSA) is 1260 Å². The quantitative estimate of drug-likeness (QED) is 0.203. The molecule has 0 rings (SSSR count). The molecule has 60 heteroatoms. The van der Waals surface area contributed by atoms with E-state index in [1.165, 1.54) is 0 Å². The Kier molecular flexibility index (Phi) is 19600000. The van der Waals surface area contributed by atoms with Crippen molar-refractivity contribution in [2.75, 3.05) is 0 Å². The molecule has 0 heterocycles. The zero-order valence-corrected chi connectivity index (χ0v) is 44.3. The zero-order valence-electron chi connectivity index (χ0n) is 27.0. The van der Waals surface area contributed by atoms with Gasteiger partial charge in [0.15, 0.2) is 0 Å². The molecule has 0 saturated carbocycles. The Hall–Kier alpha value is 2.60. The fourth-order valence-electron chi connectivity index (χ4n) is 0. The smallest absolute Gasteiger partial charge is 2.00 e. The Labute approximate surface area is 432 Å². The molecular weight excluding hydrogens is 1160 g/mol. The van der Waals surface area contributed by atoms with Gasteiger partial charge in [-0.15, -0.1) is 0 Å². The largest absolute Gasteiger partial charge is 4.00 e. The van der Waals surface area contributed by atoms with Crippen LogP contribution in [0.1, 0.15) is 0 Å². The Morgan fingerprint density at radius 3 is 0.0667 bits per heavy atom. The molecule has 60 heavy (non-hydrogen) atoms. The molecule has 0 atom stereocenters. The zero-order chi connectivity index (χ0) is 0. The van der Waals surface area contributed by atoms with Crippen molar-refractivity contribution in [3.05, 3.63) is 0 Å². The van der Waals surface area contributed by atoms with Crippen molar-refractivity contribution >= 4 is 199 Å². The molecule has 0 aliphatic heterocycles. The van der Waals surface area contributed by atoms with E-state index < -0.39 is 0 Å². The van der Waals surface area contributed by atoms with E-state index in [1.54, 1.807) is 0 Å². The fourth-order valence-corrected chi connectivity index (χ4v) is 0. The molecule has 0 aliphatic rings. The van der Waals surface area contributed by atoms with Crippen molar-refractivity contribution in [3.63, 3.8) is 0 Å². The molecule has 0 fully saturated rings. The third-order valence-corrected chi connectivity index (χ3v) is 0. The number of hydrogen-bond acceptors (Lipinski definition) is 20. The van der Waals surface area contributed by atoms with Gasteiger partial charge in [0.1, 0.15) is 0 Å². The van der Waals surface area contributed by atoms with Crippen LogP contribution in [-0.2, 0) is 126 Å². The van der Waals surface area contributed by atoms with Crippen molar-refractivity contribution in [3.8, 4) is 0 Å². The molecule has 43 nitrogen and oxygen atoms in total. The molecule has 20 N–H and O–H groups in total. The summed E-state index contributed by atoms with van der Waals surface area (Å²) in [7, 11) is 0. The second-order valence-electron chi connectivity index (χ2n) is 0. The van der Waals surface area contributed by atoms with Crippen LogP contribution in [0, 0.1) is 0 Å². The van der Waals surface area contributed by atoms with Crippen molar-refractivity contribution in [2.45, 2.75) is 0 Å². The Morgan fingerprint density at radius 2 is 0.0667 bits per heavy atom. The third-order valence-electron chi connectivity index (χ3n) is 0. The number of rotatable bonds is 0. The molecule has 0 unspecified atom stereocenters. The number of hydrogen-bond donors (Lipinski definition) is 0. The summed E-state index contributed by atoms with van der Waals surface area (Å²) in [5.74, 6) is 0. The van der Waals surface area contributed by atoms with Gasteiger partial charge >= 0.3 is 199 Å². The van der Waals surface area contributed by atoms with Gasteiger partial charge in [0.2, 0.25) is 0 Å². The third kappa shape index (κ3) is 31900. The van der Waals surface area contributed by atoms with Gasteiger partial charge in [0.05, 0.1) is 0 Å². The maximum absolute atomic E-state index is 0. The maximum atomic E-state index is 0. The Balaban J connectivity index is 0. The van der Waals surface area contributed by atoms with Gasteiger partial charge in [-0.3, -0.25) is 0 Å². The molecule has 0 amide bonds. The minimum atomic E-state index is 0. The van der Waals surface area contributed by atoms with E-state index in [4.69, 9.17) is 0 Å². The van der Waals surface area contributed by atoms with E-state index in [-0.39, 0.29) is 435 Å². The fraction of sp³-hybridized carbons (Fsp3) is 0. The molecular formula is H20Al2O43Si15. The molecule has 344 valence electrons. The van der Waals surface area contributed by atoms with E-state index in [1.807, 2.05) is 0 Å². The summed E-state index contributed by atoms with van der Waals surface area (Å²) in [6.45, 7) is 0. The van der Waals surface area contributed by atoms with Crippen LogP contribution < -0.4 is 0 Å². The monoisotopic (exact) mass is 1180 g/mol. The van der Waals surface area contributed by atoms with Crippen LogP contribution >= 0.6 is 0 Å². The molecule has 0 saturated heterocycles. The molecule has 0 aliphatic carbocycles. The van der Waals surface area contributed by atoms with Crippen LogP contribution in [0.25, 0.3) is 0 Å². The molecule has 0 spiro atoms. The molecule has 0 bridgehead atoms. The van der Waals surface area contributed by atoms with Crippen molar-refractivity contribution in [1.29, 1.82) is 0 Å². The SMILES string of the molecule is [Al+3].[Al+3].[O-2].[O-2].[O-2].[O-2].[O-2].[O-2].[O-2].[O-2].[O-2].[O-2].[O-2].[O-2].[O-2].[O-2].[O-2].[O-2].[O-2].[O-2].[O-2].[O-2].[O-2].[O-2].[O-2].[OH-].[OH-].[OH-].[OH-].[OH-].[OH-].[OH-].[OH-].[OH-].[OH-].[OH-].[OH-].[OH-].[OH-].[OH-].[OH-].[OH-].[OH-].[OH-].[OH-].[Si+4].[Si+4].[Si+4].[Si+4].[Si+4].[Si+4].[Si+4].[Si+4].[Si+4].[Si+4].[Si+4].[Si+4].[Si+4].[Si+4].[Si+4]. The van der Waals surface area contributed by atoms with Gasteiger partial charge in [0, 0.05) is 0 Å². The van der Waals surface area contributed by atoms with Gasteiger partial charge in [-0.1, -0.05) is 0 Å². The average Bonchev–Trinajstić information content (AvgIpc) is 0. The van der Waals surface area contributed by atoms with Crippen molar-refractivity contribution < 1.29 is 235 Å². The normalized spacial score (nSPS) is 0. The predicted octanol–water partition coefficient (Wildman–Crippen LogP) is -12.7.